The second-order valence-electron chi connectivity index (χ2n) is 10.2. The summed E-state index contributed by atoms with van der Waals surface area (Å²) in [6.45, 7) is 0. The molecule has 2 aliphatic rings. The van der Waals surface area contributed by atoms with Crippen molar-refractivity contribution in [2.45, 2.75) is 75.9 Å². The zero-order valence-corrected chi connectivity index (χ0v) is 22.7. The van der Waals surface area contributed by atoms with Gasteiger partial charge in [0.1, 0.15) is 11.3 Å². The number of anilines is 3. The molecule has 0 saturated heterocycles. The molecule has 3 aromatic rings. The minimum Gasteiger partial charge on any atom is -0.406 e. The molecule has 2 saturated carbocycles. The van der Waals surface area contributed by atoms with E-state index in [-0.39, 0.29) is 45.7 Å². The number of halogens is 5. The number of benzene rings is 1. The summed E-state index contributed by atoms with van der Waals surface area (Å²) < 4.78 is 44.0. The van der Waals surface area contributed by atoms with Gasteiger partial charge in [0.2, 0.25) is 17.8 Å². The molecule has 0 aliphatic heterocycles. The van der Waals surface area contributed by atoms with Crippen molar-refractivity contribution in [1.29, 1.82) is 0 Å². The standard InChI is InChI=1S/C25H28Cl2F3N7O3/c26-17-9-16(40-25(28,29)30)10-18(27)20(17)35-24-34-19-11-32-23(33-13-2-1-3-15(38)8-13)36-22(19)37(24)14-6-4-12(5-7-14)21(31)39/h9-15,38H,1-8H2,(H2,31,39)(H,34,35)(H,32,33,36)/t12-,13-,14+,15-/m1/s1. The Hall–Kier alpha value is -3.03. The number of nitrogens with two attached hydrogens (primary N) is 1. The number of aliphatic hydroxyl groups is 1. The lowest BCUT2D eigenvalue weighted by Gasteiger charge is -2.29. The Morgan fingerprint density at radius 1 is 1.10 bits per heavy atom. The smallest absolute Gasteiger partial charge is 0.406 e. The maximum atomic E-state index is 12.7. The van der Waals surface area contributed by atoms with Gasteiger partial charge < -0.3 is 26.2 Å². The number of imidazole rings is 1. The van der Waals surface area contributed by atoms with Crippen LogP contribution in [0, 0.1) is 5.92 Å². The minimum absolute atomic E-state index is 0.0243. The van der Waals surface area contributed by atoms with Crippen molar-refractivity contribution in [2.24, 2.45) is 11.7 Å². The highest BCUT2D eigenvalue weighted by Gasteiger charge is 2.32. The first-order valence-corrected chi connectivity index (χ1v) is 13.7. The van der Waals surface area contributed by atoms with Crippen LogP contribution in [0.25, 0.3) is 11.2 Å². The van der Waals surface area contributed by atoms with Crippen LogP contribution in [0.1, 0.15) is 57.4 Å². The lowest BCUT2D eigenvalue weighted by Crippen LogP contribution is -2.30. The number of fused-ring (bicyclic) bond motifs is 1. The highest BCUT2D eigenvalue weighted by molar-refractivity contribution is 6.39. The lowest BCUT2D eigenvalue weighted by atomic mass is 9.85. The molecule has 2 aliphatic carbocycles. The van der Waals surface area contributed by atoms with E-state index in [9.17, 15) is 23.1 Å². The monoisotopic (exact) mass is 601 g/mol. The maximum absolute atomic E-state index is 12.7. The Morgan fingerprint density at radius 2 is 1.80 bits per heavy atom. The van der Waals surface area contributed by atoms with E-state index in [2.05, 4.69) is 25.3 Å². The first-order chi connectivity index (χ1) is 19.0. The van der Waals surface area contributed by atoms with Crippen LogP contribution in [-0.4, -0.2) is 49.0 Å². The fraction of sp³-hybridized carbons (Fsp3) is 0.520. The molecule has 5 N–H and O–H groups in total. The summed E-state index contributed by atoms with van der Waals surface area (Å²) >= 11 is 12.6. The number of rotatable bonds is 7. The van der Waals surface area contributed by atoms with E-state index in [1.165, 1.54) is 0 Å². The Balaban J connectivity index is 1.50. The number of nitrogens with one attached hydrogen (secondary N) is 2. The van der Waals surface area contributed by atoms with E-state index in [0.29, 0.717) is 55.2 Å². The number of carbonyl (C=O) groups is 1. The number of amides is 1. The molecule has 15 heteroatoms. The number of ether oxygens (including phenoxy) is 1. The Bertz CT molecular complexity index is 1370. The van der Waals surface area contributed by atoms with Gasteiger partial charge in [-0.05, 0) is 51.4 Å². The zero-order valence-electron chi connectivity index (χ0n) is 21.2. The van der Waals surface area contributed by atoms with Gasteiger partial charge in [0, 0.05) is 30.1 Å². The van der Waals surface area contributed by atoms with Crippen LogP contribution in [-0.2, 0) is 4.79 Å². The van der Waals surface area contributed by atoms with Crippen LogP contribution < -0.4 is 21.1 Å². The number of nitrogens with zero attached hydrogens (tertiary/aromatic N) is 4. The molecule has 2 atom stereocenters. The fourth-order valence-corrected chi connectivity index (χ4v) is 6.03. The summed E-state index contributed by atoms with van der Waals surface area (Å²) in [6, 6.07) is 1.92. The van der Waals surface area contributed by atoms with Crippen LogP contribution in [0.2, 0.25) is 10.0 Å². The van der Waals surface area contributed by atoms with Crippen molar-refractivity contribution in [3.05, 3.63) is 28.4 Å². The van der Waals surface area contributed by atoms with Gasteiger partial charge in [-0.3, -0.25) is 9.36 Å². The third-order valence-corrected chi connectivity index (χ3v) is 7.96. The zero-order chi connectivity index (χ0) is 28.6. The first kappa shape index (κ1) is 28.5. The van der Waals surface area contributed by atoms with Crippen LogP contribution in [0.4, 0.5) is 30.8 Å². The third-order valence-electron chi connectivity index (χ3n) is 7.36. The molecule has 2 aromatic heterocycles. The van der Waals surface area contributed by atoms with Crippen LogP contribution in [0.5, 0.6) is 5.75 Å². The minimum atomic E-state index is -4.90. The average Bonchev–Trinajstić information content (AvgIpc) is 3.22. The first-order valence-electron chi connectivity index (χ1n) is 13.0. The molecule has 0 unspecified atom stereocenters. The van der Waals surface area contributed by atoms with Crippen molar-refractivity contribution in [1.82, 2.24) is 19.5 Å². The molecule has 2 heterocycles. The fourth-order valence-electron chi connectivity index (χ4n) is 5.46. The highest BCUT2D eigenvalue weighted by Crippen LogP contribution is 2.41. The number of alkyl halides is 3. The molecule has 0 bridgehead atoms. The van der Waals surface area contributed by atoms with E-state index in [1.807, 2.05) is 4.57 Å². The number of hydrogen-bond donors (Lipinski definition) is 4. The quantitative estimate of drug-likeness (QED) is 0.270. The van der Waals surface area contributed by atoms with Crippen molar-refractivity contribution in [3.63, 3.8) is 0 Å². The van der Waals surface area contributed by atoms with E-state index in [4.69, 9.17) is 33.9 Å². The van der Waals surface area contributed by atoms with Crippen LogP contribution >= 0.6 is 23.2 Å². The molecule has 216 valence electrons. The second-order valence-corrected chi connectivity index (χ2v) is 11.0. The van der Waals surface area contributed by atoms with Gasteiger partial charge in [0.25, 0.3) is 0 Å². The molecule has 5 rings (SSSR count). The van der Waals surface area contributed by atoms with E-state index in [1.54, 1.807) is 6.20 Å². The largest absolute Gasteiger partial charge is 0.573 e. The second kappa shape index (κ2) is 11.5. The molecular formula is C25H28Cl2F3N7O3. The SMILES string of the molecule is NC(=O)[C@H]1CC[C@@H](n2c(Nc3c(Cl)cc(OC(F)(F)F)cc3Cl)nc3cnc(N[C@@H]4CCC[C@@H](O)C4)nc32)CC1. The van der Waals surface area contributed by atoms with Crippen molar-refractivity contribution >= 4 is 57.9 Å². The lowest BCUT2D eigenvalue weighted by molar-refractivity contribution is -0.274. The van der Waals surface area contributed by atoms with Crippen molar-refractivity contribution < 1.29 is 27.8 Å². The molecule has 0 radical (unpaired) electrons. The van der Waals surface area contributed by atoms with Gasteiger partial charge in [-0.2, -0.15) is 4.98 Å². The summed E-state index contributed by atoms with van der Waals surface area (Å²) in [7, 11) is 0. The molecule has 10 nitrogen and oxygen atoms in total. The number of carbonyl (C=O) groups excluding carboxylic acids is 1. The Kier molecular flexibility index (Phi) is 8.16. The van der Waals surface area contributed by atoms with Gasteiger partial charge in [-0.1, -0.05) is 23.2 Å². The normalized spacial score (nSPS) is 23.6. The summed E-state index contributed by atoms with van der Waals surface area (Å²) in [4.78, 5) is 25.5. The van der Waals surface area contributed by atoms with Gasteiger partial charge in [-0.15, -0.1) is 13.2 Å². The summed E-state index contributed by atoms with van der Waals surface area (Å²) in [5.74, 6) is -0.423. The van der Waals surface area contributed by atoms with Crippen LogP contribution in [0.15, 0.2) is 18.3 Å². The average molecular weight is 602 g/mol. The van der Waals surface area contributed by atoms with E-state index >= 15 is 0 Å². The molecule has 2 fully saturated rings. The van der Waals surface area contributed by atoms with Gasteiger partial charge >= 0.3 is 6.36 Å². The molecule has 1 aromatic carbocycles. The summed E-state index contributed by atoms with van der Waals surface area (Å²) in [5.41, 5.74) is 6.66. The van der Waals surface area contributed by atoms with Crippen molar-refractivity contribution in [3.8, 4) is 5.75 Å². The molecular weight excluding hydrogens is 574 g/mol. The molecule has 40 heavy (non-hydrogen) atoms. The van der Waals surface area contributed by atoms with E-state index < -0.39 is 12.1 Å². The summed E-state index contributed by atoms with van der Waals surface area (Å²) in [5, 5.41) is 16.2. The van der Waals surface area contributed by atoms with Gasteiger partial charge in [0.05, 0.1) is 28.0 Å². The topological polar surface area (TPSA) is 140 Å². The van der Waals surface area contributed by atoms with E-state index in [0.717, 1.165) is 31.4 Å². The number of aliphatic hydroxyl groups excluding tert-OH is 1. The number of hydrogen-bond acceptors (Lipinski definition) is 8. The highest BCUT2D eigenvalue weighted by atomic mass is 35.5. The molecule has 0 spiro atoms. The van der Waals surface area contributed by atoms with Gasteiger partial charge in [-0.25, -0.2) is 9.97 Å². The van der Waals surface area contributed by atoms with Crippen LogP contribution in [0.3, 0.4) is 0 Å². The predicted octanol–water partition coefficient (Wildman–Crippen LogP) is 5.71. The van der Waals surface area contributed by atoms with Crippen molar-refractivity contribution in [2.75, 3.05) is 10.6 Å². The predicted molar refractivity (Wildman–Crippen MR) is 144 cm³/mol. The third kappa shape index (κ3) is 6.47. The molecule has 1 amide bonds. The maximum Gasteiger partial charge on any atom is 0.573 e. The number of aromatic nitrogens is 4. The Labute approximate surface area is 237 Å². The summed E-state index contributed by atoms with van der Waals surface area (Å²) in [6.07, 6.45) is 1.84. The van der Waals surface area contributed by atoms with Gasteiger partial charge in [0.15, 0.2) is 5.65 Å². The number of primary amides is 1. The Morgan fingerprint density at radius 3 is 2.42 bits per heavy atom.